The van der Waals surface area contributed by atoms with Crippen molar-refractivity contribution >= 4 is 35.8 Å². The van der Waals surface area contributed by atoms with E-state index in [-0.39, 0.29) is 35.8 Å². The summed E-state index contributed by atoms with van der Waals surface area (Å²) in [6, 6.07) is 0.495. The Kier molecular flexibility index (Phi) is 11.1. The highest BCUT2D eigenvalue weighted by atomic mass is 127. The molecule has 0 unspecified atom stereocenters. The van der Waals surface area contributed by atoms with Crippen LogP contribution < -0.4 is 16.4 Å². The van der Waals surface area contributed by atoms with Crippen molar-refractivity contribution in [3.8, 4) is 0 Å². The van der Waals surface area contributed by atoms with Crippen molar-refractivity contribution in [2.75, 3.05) is 32.7 Å². The van der Waals surface area contributed by atoms with E-state index in [1.165, 1.54) is 0 Å². The van der Waals surface area contributed by atoms with Gasteiger partial charge >= 0.3 is 0 Å². The van der Waals surface area contributed by atoms with Crippen molar-refractivity contribution in [3.63, 3.8) is 0 Å². The molecule has 0 atom stereocenters. The van der Waals surface area contributed by atoms with Crippen molar-refractivity contribution in [1.82, 2.24) is 15.5 Å². The molecule has 1 saturated heterocycles. The number of halogens is 1. The number of nitrogens with one attached hydrogen (secondary N) is 2. The number of guanidine groups is 1. The molecule has 2 rings (SSSR count). The number of carbonyl (C=O) groups excluding carboxylic acids is 1. The van der Waals surface area contributed by atoms with E-state index in [2.05, 4.69) is 39.6 Å². The summed E-state index contributed by atoms with van der Waals surface area (Å²) in [5.41, 5.74) is 5.38. The van der Waals surface area contributed by atoms with Gasteiger partial charge in [0, 0.05) is 25.0 Å². The first kappa shape index (κ1) is 22.2. The van der Waals surface area contributed by atoms with Crippen LogP contribution in [0.1, 0.15) is 45.4 Å². The highest BCUT2D eigenvalue weighted by Gasteiger charge is 2.22. The van der Waals surface area contributed by atoms with Gasteiger partial charge in [-0.3, -0.25) is 9.79 Å². The summed E-state index contributed by atoms with van der Waals surface area (Å²) >= 11 is 0. The zero-order chi connectivity index (χ0) is 17.2. The number of likely N-dealkylation sites (tertiary alicyclic amines) is 1. The van der Waals surface area contributed by atoms with Gasteiger partial charge in [-0.1, -0.05) is 12.2 Å². The average molecular weight is 463 g/mol. The second-order valence-electron chi connectivity index (χ2n) is 6.77. The van der Waals surface area contributed by atoms with Gasteiger partial charge in [0.05, 0.1) is 0 Å². The third-order valence-corrected chi connectivity index (χ3v) is 4.84. The molecule has 1 heterocycles. The minimum absolute atomic E-state index is 0. The van der Waals surface area contributed by atoms with Crippen LogP contribution in [0.4, 0.5) is 0 Å². The molecule has 0 bridgehead atoms. The molecule has 4 N–H and O–H groups in total. The lowest BCUT2D eigenvalue weighted by atomic mass is 9.96. The minimum Gasteiger partial charge on any atom is -0.369 e. The number of nitrogens with zero attached hydrogens (tertiary/aromatic N) is 2. The normalized spacial score (nSPS) is 19.6. The number of amides is 1. The molecule has 7 heteroatoms. The lowest BCUT2D eigenvalue weighted by molar-refractivity contribution is -0.123. The molecule has 144 valence electrons. The molecule has 25 heavy (non-hydrogen) atoms. The second-order valence-corrected chi connectivity index (χ2v) is 6.77. The fourth-order valence-electron chi connectivity index (χ4n) is 3.33. The van der Waals surface area contributed by atoms with Crippen molar-refractivity contribution in [2.45, 2.75) is 51.5 Å². The van der Waals surface area contributed by atoms with E-state index in [4.69, 9.17) is 5.73 Å². The standard InChI is InChI=1S/C18H33N5O.HI/c1-2-20-18(22-16-7-3-4-8-16)21-11-5-6-12-23-13-9-15(10-14-23)17(19)24;/h3-4,15-16H,2,5-14H2,1H3,(H2,19,24)(H2,20,21,22);1H. The maximum atomic E-state index is 11.2. The molecule has 1 fully saturated rings. The zero-order valence-electron chi connectivity index (χ0n) is 15.4. The van der Waals surface area contributed by atoms with Gasteiger partial charge in [-0.25, -0.2) is 0 Å². The third kappa shape index (κ3) is 8.40. The third-order valence-electron chi connectivity index (χ3n) is 4.84. The molecule has 1 aliphatic heterocycles. The van der Waals surface area contributed by atoms with Crippen LogP contribution in [0.3, 0.4) is 0 Å². The Morgan fingerprint density at radius 2 is 1.92 bits per heavy atom. The van der Waals surface area contributed by atoms with Crippen LogP contribution in [0.2, 0.25) is 0 Å². The average Bonchev–Trinajstić information content (AvgIpc) is 3.08. The minimum atomic E-state index is -0.134. The Balaban J connectivity index is 0.00000312. The monoisotopic (exact) mass is 463 g/mol. The summed E-state index contributed by atoms with van der Waals surface area (Å²) in [7, 11) is 0. The van der Waals surface area contributed by atoms with E-state index in [0.29, 0.717) is 6.04 Å². The predicted molar refractivity (Wildman–Crippen MR) is 114 cm³/mol. The Morgan fingerprint density at radius 1 is 1.24 bits per heavy atom. The van der Waals surface area contributed by atoms with Crippen LogP contribution in [-0.4, -0.2) is 55.5 Å². The van der Waals surface area contributed by atoms with Crippen LogP contribution in [-0.2, 0) is 4.79 Å². The van der Waals surface area contributed by atoms with Crippen LogP contribution in [0.15, 0.2) is 17.1 Å². The van der Waals surface area contributed by atoms with Crippen molar-refractivity contribution in [3.05, 3.63) is 12.2 Å². The Morgan fingerprint density at radius 3 is 2.52 bits per heavy atom. The van der Waals surface area contributed by atoms with E-state index in [1.54, 1.807) is 0 Å². The number of nitrogens with two attached hydrogens (primary N) is 1. The van der Waals surface area contributed by atoms with Crippen LogP contribution in [0.5, 0.6) is 0 Å². The highest BCUT2D eigenvalue weighted by Crippen LogP contribution is 2.16. The lowest BCUT2D eigenvalue weighted by Crippen LogP contribution is -2.42. The van der Waals surface area contributed by atoms with Gasteiger partial charge in [0.25, 0.3) is 0 Å². The van der Waals surface area contributed by atoms with Crippen LogP contribution in [0, 0.1) is 5.92 Å². The summed E-state index contributed by atoms with van der Waals surface area (Å²) in [5, 5.41) is 6.82. The lowest BCUT2D eigenvalue weighted by Gasteiger charge is -2.30. The number of carbonyl (C=O) groups is 1. The summed E-state index contributed by atoms with van der Waals surface area (Å²) in [6.45, 7) is 6.93. The van der Waals surface area contributed by atoms with Crippen molar-refractivity contribution in [1.29, 1.82) is 0 Å². The van der Waals surface area contributed by atoms with Gasteiger partial charge in [-0.15, -0.1) is 24.0 Å². The molecule has 2 aliphatic rings. The molecular formula is C18H34IN5O. The Labute approximate surface area is 169 Å². The highest BCUT2D eigenvalue weighted by molar-refractivity contribution is 14.0. The van der Waals surface area contributed by atoms with Gasteiger partial charge in [-0.05, 0) is 65.1 Å². The van der Waals surface area contributed by atoms with Gasteiger partial charge < -0.3 is 21.3 Å². The SMILES string of the molecule is CCNC(=NCCCCN1CCC(C(N)=O)CC1)NC1CC=CC1.I. The van der Waals surface area contributed by atoms with Gasteiger partial charge in [0.15, 0.2) is 5.96 Å². The molecule has 0 aromatic rings. The van der Waals surface area contributed by atoms with Gasteiger partial charge in [-0.2, -0.15) is 0 Å². The second kappa shape index (κ2) is 12.5. The number of unbranched alkanes of at least 4 members (excludes halogenated alkanes) is 1. The fourth-order valence-corrected chi connectivity index (χ4v) is 3.33. The van der Waals surface area contributed by atoms with Crippen LogP contribution in [0.25, 0.3) is 0 Å². The topological polar surface area (TPSA) is 82.8 Å². The van der Waals surface area contributed by atoms with E-state index in [9.17, 15) is 4.79 Å². The fraction of sp³-hybridized carbons (Fsp3) is 0.778. The van der Waals surface area contributed by atoms with Gasteiger partial charge in [0.2, 0.25) is 5.91 Å². The maximum Gasteiger partial charge on any atom is 0.220 e. The molecule has 0 aromatic heterocycles. The smallest absolute Gasteiger partial charge is 0.220 e. The Hall–Kier alpha value is -0.830. The molecule has 6 nitrogen and oxygen atoms in total. The predicted octanol–water partition coefficient (Wildman–Crippen LogP) is 1.86. The van der Waals surface area contributed by atoms with Gasteiger partial charge in [0.1, 0.15) is 0 Å². The molecule has 0 spiro atoms. The molecule has 1 aliphatic carbocycles. The first-order chi connectivity index (χ1) is 11.7. The zero-order valence-corrected chi connectivity index (χ0v) is 17.7. The summed E-state index contributed by atoms with van der Waals surface area (Å²) in [5.74, 6) is 0.892. The molecule has 0 radical (unpaired) electrons. The number of piperidine rings is 1. The van der Waals surface area contributed by atoms with Crippen molar-refractivity contribution < 1.29 is 4.79 Å². The summed E-state index contributed by atoms with van der Waals surface area (Å²) in [6.07, 6.45) is 10.7. The van der Waals surface area contributed by atoms with Crippen LogP contribution >= 0.6 is 24.0 Å². The molecular weight excluding hydrogens is 429 g/mol. The largest absolute Gasteiger partial charge is 0.369 e. The number of hydrogen-bond acceptors (Lipinski definition) is 3. The molecule has 1 amide bonds. The summed E-state index contributed by atoms with van der Waals surface area (Å²) < 4.78 is 0. The van der Waals surface area contributed by atoms with E-state index >= 15 is 0 Å². The van der Waals surface area contributed by atoms with E-state index in [1.807, 2.05) is 0 Å². The molecule has 0 saturated carbocycles. The quantitative estimate of drug-likeness (QED) is 0.169. The summed E-state index contributed by atoms with van der Waals surface area (Å²) in [4.78, 5) is 18.3. The maximum absolute atomic E-state index is 11.2. The van der Waals surface area contributed by atoms with E-state index < -0.39 is 0 Å². The van der Waals surface area contributed by atoms with Crippen molar-refractivity contribution in [2.24, 2.45) is 16.6 Å². The number of aliphatic imine (C=N–C) groups is 1. The Bertz CT molecular complexity index is 439. The van der Waals surface area contributed by atoms with E-state index in [0.717, 1.165) is 77.2 Å². The number of primary amides is 1. The number of rotatable bonds is 8. The number of hydrogen-bond donors (Lipinski definition) is 3. The first-order valence-corrected chi connectivity index (χ1v) is 9.40. The molecule has 0 aromatic carbocycles. The first-order valence-electron chi connectivity index (χ1n) is 9.40.